The van der Waals surface area contributed by atoms with Gasteiger partial charge in [0.2, 0.25) is 5.91 Å². The summed E-state index contributed by atoms with van der Waals surface area (Å²) in [6.07, 6.45) is 1.58. The van der Waals surface area contributed by atoms with E-state index < -0.39 is 0 Å². The second kappa shape index (κ2) is 5.48. The van der Waals surface area contributed by atoms with Crippen LogP contribution in [0.3, 0.4) is 0 Å². The first-order valence-electron chi connectivity index (χ1n) is 7.97. The van der Waals surface area contributed by atoms with Gasteiger partial charge in [-0.2, -0.15) is 5.10 Å². The monoisotopic (exact) mass is 329 g/mol. The lowest BCUT2D eigenvalue weighted by atomic mass is 10.3. The van der Waals surface area contributed by atoms with Crippen LogP contribution in [0.4, 0.5) is 0 Å². The van der Waals surface area contributed by atoms with Crippen LogP contribution in [0.25, 0.3) is 16.6 Å². The first-order valence-corrected chi connectivity index (χ1v) is 7.97. The number of carbonyl (C=O) groups excluding carboxylic acids is 1. The van der Waals surface area contributed by atoms with Gasteiger partial charge in [-0.15, -0.1) is 0 Å². The largest absolute Gasteiger partial charge is 0.463 e. The first kappa shape index (κ1) is 14.9. The maximum atomic E-state index is 12.7. The molecule has 3 aromatic rings. The van der Waals surface area contributed by atoms with Gasteiger partial charge in [-0.3, -0.25) is 14.0 Å². The highest BCUT2D eigenvalue weighted by Gasteiger charge is 2.21. The topological polar surface area (TPSA) is 76.0 Å². The van der Waals surface area contributed by atoms with Crippen LogP contribution in [0.1, 0.15) is 5.82 Å². The Bertz CT molecular complexity index is 975. The Hall–Kier alpha value is -2.61. The molecule has 8 nitrogen and oxygen atoms in total. The summed E-state index contributed by atoms with van der Waals surface area (Å²) in [5.41, 5.74) is 1.64. The summed E-state index contributed by atoms with van der Waals surface area (Å²) in [5, 5.41) is 4.32. The van der Waals surface area contributed by atoms with Crippen LogP contribution >= 0.6 is 0 Å². The molecule has 0 radical (unpaired) electrons. The van der Waals surface area contributed by atoms with Crippen LogP contribution in [0.2, 0.25) is 0 Å². The van der Waals surface area contributed by atoms with Gasteiger partial charge in [0, 0.05) is 38.3 Å². The van der Waals surface area contributed by atoms with Crippen LogP contribution in [0.15, 0.2) is 27.6 Å². The molecule has 126 valence electrons. The maximum Gasteiger partial charge on any atom is 0.291 e. The number of aryl methyl sites for hydroxylation is 1. The second-order valence-corrected chi connectivity index (χ2v) is 6.23. The molecule has 0 saturated carbocycles. The van der Waals surface area contributed by atoms with E-state index in [9.17, 15) is 9.59 Å². The Morgan fingerprint density at radius 3 is 2.75 bits per heavy atom. The number of nitrogens with zero attached hydrogens (tertiary/aromatic N) is 5. The molecule has 1 saturated heterocycles. The SMILES string of the molecule is Cc1nn(CC(=O)N2CCN(C)CC2)c(=O)c2cc3occc3n12. The van der Waals surface area contributed by atoms with Crippen molar-refractivity contribution >= 4 is 22.5 Å². The fourth-order valence-corrected chi connectivity index (χ4v) is 3.22. The van der Waals surface area contributed by atoms with E-state index in [-0.39, 0.29) is 18.0 Å². The van der Waals surface area contributed by atoms with Gasteiger partial charge in [0.1, 0.15) is 17.9 Å². The summed E-state index contributed by atoms with van der Waals surface area (Å²) in [4.78, 5) is 29.1. The lowest BCUT2D eigenvalue weighted by Gasteiger charge is -2.32. The van der Waals surface area contributed by atoms with E-state index in [2.05, 4.69) is 10.00 Å². The van der Waals surface area contributed by atoms with Crippen molar-refractivity contribution in [2.75, 3.05) is 33.2 Å². The van der Waals surface area contributed by atoms with Crippen molar-refractivity contribution in [3.63, 3.8) is 0 Å². The van der Waals surface area contributed by atoms with Crippen molar-refractivity contribution in [3.8, 4) is 0 Å². The number of furan rings is 1. The summed E-state index contributed by atoms with van der Waals surface area (Å²) < 4.78 is 8.38. The molecular formula is C16H19N5O3. The number of fused-ring (bicyclic) bond motifs is 3. The van der Waals surface area contributed by atoms with Crippen LogP contribution < -0.4 is 5.56 Å². The smallest absolute Gasteiger partial charge is 0.291 e. The van der Waals surface area contributed by atoms with Crippen molar-refractivity contribution in [2.24, 2.45) is 0 Å². The Labute approximate surface area is 137 Å². The van der Waals surface area contributed by atoms with Gasteiger partial charge in [-0.1, -0.05) is 0 Å². The van der Waals surface area contributed by atoms with Gasteiger partial charge in [-0.05, 0) is 14.0 Å². The summed E-state index contributed by atoms with van der Waals surface area (Å²) in [6.45, 7) is 4.84. The normalized spacial score (nSPS) is 16.3. The number of piperazine rings is 1. The number of amides is 1. The van der Waals surface area contributed by atoms with E-state index in [4.69, 9.17) is 4.42 Å². The molecular weight excluding hydrogens is 310 g/mol. The predicted molar refractivity (Wildman–Crippen MR) is 88.0 cm³/mol. The third kappa shape index (κ3) is 2.30. The molecule has 0 spiro atoms. The quantitative estimate of drug-likeness (QED) is 0.677. The molecule has 0 N–H and O–H groups in total. The lowest BCUT2D eigenvalue weighted by Crippen LogP contribution is -2.48. The van der Waals surface area contributed by atoms with Gasteiger partial charge in [0.25, 0.3) is 5.56 Å². The van der Waals surface area contributed by atoms with E-state index in [0.717, 1.165) is 18.6 Å². The molecule has 0 atom stereocenters. The van der Waals surface area contributed by atoms with Crippen LogP contribution in [-0.4, -0.2) is 63.1 Å². The molecule has 0 bridgehead atoms. The predicted octanol–water partition coefficient (Wildman–Crippen LogP) is 0.325. The van der Waals surface area contributed by atoms with Crippen molar-refractivity contribution in [1.29, 1.82) is 0 Å². The van der Waals surface area contributed by atoms with Crippen LogP contribution in [0.5, 0.6) is 0 Å². The Morgan fingerprint density at radius 2 is 2.00 bits per heavy atom. The Balaban J connectivity index is 1.68. The third-order valence-electron chi connectivity index (χ3n) is 4.61. The standard InChI is InChI=1S/C16H19N5O3/c1-11-17-20(10-15(22)19-6-4-18(2)5-7-19)16(23)13-9-14-12(21(11)13)3-8-24-14/h3,8-9H,4-7,10H2,1-2H3. The number of rotatable bonds is 2. The number of hydrogen-bond acceptors (Lipinski definition) is 5. The highest BCUT2D eigenvalue weighted by Crippen LogP contribution is 2.19. The molecule has 4 rings (SSSR count). The molecule has 0 aromatic carbocycles. The molecule has 1 fully saturated rings. The summed E-state index contributed by atoms with van der Waals surface area (Å²) in [5.74, 6) is 0.573. The zero-order valence-electron chi connectivity index (χ0n) is 13.7. The maximum absolute atomic E-state index is 12.7. The number of hydrogen-bond donors (Lipinski definition) is 0. The molecule has 0 aliphatic carbocycles. The van der Waals surface area contributed by atoms with E-state index in [1.807, 2.05) is 14.0 Å². The Kier molecular flexibility index (Phi) is 3.42. The fourth-order valence-electron chi connectivity index (χ4n) is 3.22. The van der Waals surface area contributed by atoms with Crippen molar-refractivity contribution in [1.82, 2.24) is 24.0 Å². The minimum Gasteiger partial charge on any atom is -0.463 e. The third-order valence-corrected chi connectivity index (χ3v) is 4.61. The lowest BCUT2D eigenvalue weighted by molar-refractivity contribution is -0.133. The first-order chi connectivity index (χ1) is 11.5. The minimum absolute atomic E-state index is 0.0353. The van der Waals surface area contributed by atoms with Gasteiger partial charge >= 0.3 is 0 Å². The van der Waals surface area contributed by atoms with Gasteiger partial charge in [0.15, 0.2) is 5.58 Å². The average Bonchev–Trinajstić information content (AvgIpc) is 3.13. The van der Waals surface area contributed by atoms with E-state index in [0.29, 0.717) is 30.0 Å². The highest BCUT2D eigenvalue weighted by molar-refractivity contribution is 5.82. The summed E-state index contributed by atoms with van der Waals surface area (Å²) in [7, 11) is 2.04. The molecule has 0 unspecified atom stereocenters. The number of carbonyl (C=O) groups is 1. The Morgan fingerprint density at radius 1 is 1.25 bits per heavy atom. The molecule has 3 aromatic heterocycles. The summed E-state index contributed by atoms with van der Waals surface area (Å²) in [6, 6.07) is 3.50. The second-order valence-electron chi connectivity index (χ2n) is 6.23. The van der Waals surface area contributed by atoms with E-state index in [1.54, 1.807) is 27.7 Å². The van der Waals surface area contributed by atoms with Crippen LogP contribution in [0, 0.1) is 6.92 Å². The number of aromatic nitrogens is 3. The van der Waals surface area contributed by atoms with Gasteiger partial charge < -0.3 is 14.2 Å². The molecule has 1 aliphatic heterocycles. The fraction of sp³-hybridized carbons (Fsp3) is 0.438. The van der Waals surface area contributed by atoms with Crippen molar-refractivity contribution in [3.05, 3.63) is 34.6 Å². The van der Waals surface area contributed by atoms with Crippen molar-refractivity contribution in [2.45, 2.75) is 13.5 Å². The molecule has 1 amide bonds. The molecule has 8 heteroatoms. The molecule has 4 heterocycles. The zero-order chi connectivity index (χ0) is 16.8. The number of likely N-dealkylation sites (N-methyl/N-ethyl adjacent to an activating group) is 1. The summed E-state index contributed by atoms with van der Waals surface area (Å²) >= 11 is 0. The van der Waals surface area contributed by atoms with Gasteiger partial charge in [0.05, 0.1) is 11.8 Å². The van der Waals surface area contributed by atoms with Crippen molar-refractivity contribution < 1.29 is 9.21 Å². The minimum atomic E-state index is -0.283. The zero-order valence-corrected chi connectivity index (χ0v) is 13.7. The van der Waals surface area contributed by atoms with E-state index >= 15 is 0 Å². The van der Waals surface area contributed by atoms with Crippen LogP contribution in [-0.2, 0) is 11.3 Å². The molecule has 24 heavy (non-hydrogen) atoms. The van der Waals surface area contributed by atoms with Gasteiger partial charge in [-0.25, -0.2) is 4.68 Å². The average molecular weight is 329 g/mol. The van der Waals surface area contributed by atoms with E-state index in [1.165, 1.54) is 4.68 Å². The highest BCUT2D eigenvalue weighted by atomic mass is 16.3. The molecule has 1 aliphatic rings.